The van der Waals surface area contributed by atoms with Gasteiger partial charge in [0, 0.05) is 38.1 Å². The van der Waals surface area contributed by atoms with E-state index in [-0.39, 0.29) is 31.6 Å². The van der Waals surface area contributed by atoms with Gasteiger partial charge in [-0.05, 0) is 51.4 Å². The van der Waals surface area contributed by atoms with Crippen molar-refractivity contribution in [2.75, 3.05) is 0 Å². The maximum absolute atomic E-state index is 10.0. The van der Waals surface area contributed by atoms with Crippen molar-refractivity contribution >= 4 is 51.2 Å². The molecule has 6 heteroatoms. The Morgan fingerprint density at radius 3 is 2.09 bits per heavy atom. The average molecular weight is 791 g/mol. The van der Waals surface area contributed by atoms with Crippen LogP contribution in [0.2, 0.25) is 19.6 Å². The molecule has 0 saturated carbocycles. The minimum absolute atomic E-state index is 0. The number of thiophene rings is 1. The van der Waals surface area contributed by atoms with Gasteiger partial charge in [0.2, 0.25) is 0 Å². The van der Waals surface area contributed by atoms with Crippen LogP contribution < -0.4 is 5.19 Å². The number of allylic oxidation sites excluding steroid dienone is 2. The number of benzene rings is 4. The van der Waals surface area contributed by atoms with E-state index in [1.165, 1.54) is 73.1 Å². The van der Waals surface area contributed by atoms with Gasteiger partial charge in [-0.25, -0.2) is 0 Å². The number of fused-ring (bicyclic) bond motifs is 2. The van der Waals surface area contributed by atoms with Crippen LogP contribution in [0.25, 0.3) is 53.7 Å². The molecule has 6 rings (SSSR count). The molecular formula is C38H36IrNO2SSi-. The number of aliphatic hydroxyl groups is 1. The van der Waals surface area contributed by atoms with Crippen molar-refractivity contribution in [2.45, 2.75) is 40.4 Å². The SMILES string of the molecule is CC(=O)/C=C(/C)O.Cc1c(-c2ccccc2)sc2c(-c3ccccc3)cc(-c3nccc4cc([Si](C)(C)C)ccc34)[c-]c12.[Ir]. The fourth-order valence-corrected chi connectivity index (χ4v) is 7.69. The van der Waals surface area contributed by atoms with E-state index >= 15 is 0 Å². The van der Waals surface area contributed by atoms with Crippen LogP contribution in [-0.2, 0) is 24.9 Å². The molecule has 2 heterocycles. The number of carbonyl (C=O) groups is 1. The van der Waals surface area contributed by atoms with E-state index in [1.807, 2.05) is 17.5 Å². The van der Waals surface area contributed by atoms with Crippen LogP contribution in [0.1, 0.15) is 19.4 Å². The molecule has 2 aromatic heterocycles. The summed E-state index contributed by atoms with van der Waals surface area (Å²) in [5.74, 6) is -0.0625. The summed E-state index contributed by atoms with van der Waals surface area (Å²) >= 11 is 1.86. The van der Waals surface area contributed by atoms with E-state index in [0.717, 1.165) is 11.3 Å². The number of pyridine rings is 1. The predicted molar refractivity (Wildman–Crippen MR) is 187 cm³/mol. The molecule has 0 bridgehead atoms. The van der Waals surface area contributed by atoms with Crippen LogP contribution in [0.3, 0.4) is 0 Å². The number of hydrogen-bond acceptors (Lipinski definition) is 4. The Balaban J connectivity index is 0.000000497. The summed E-state index contributed by atoms with van der Waals surface area (Å²) in [6.07, 6.45) is 3.11. The first-order valence-corrected chi connectivity index (χ1v) is 18.7. The fraction of sp³-hybridized carbons (Fsp3) is 0.158. The first kappa shape index (κ1) is 33.2. The van der Waals surface area contributed by atoms with Crippen molar-refractivity contribution in [2.24, 2.45) is 0 Å². The summed E-state index contributed by atoms with van der Waals surface area (Å²) in [7, 11) is -1.40. The second-order valence-electron chi connectivity index (χ2n) is 11.8. The van der Waals surface area contributed by atoms with E-state index < -0.39 is 8.07 Å². The Morgan fingerprint density at radius 2 is 1.52 bits per heavy atom. The number of nitrogens with zero attached hydrogens (tertiary/aromatic N) is 1. The molecule has 0 unspecified atom stereocenters. The minimum atomic E-state index is -1.40. The maximum Gasteiger partial charge on any atom is 0.155 e. The van der Waals surface area contributed by atoms with Gasteiger partial charge >= 0.3 is 0 Å². The molecule has 6 aromatic rings. The molecule has 1 radical (unpaired) electrons. The Kier molecular flexibility index (Phi) is 10.5. The van der Waals surface area contributed by atoms with Gasteiger partial charge in [-0.2, -0.15) is 11.3 Å². The monoisotopic (exact) mass is 791 g/mol. The summed E-state index contributed by atoms with van der Waals surface area (Å²) in [5, 5.41) is 13.5. The molecule has 0 aliphatic carbocycles. The van der Waals surface area contributed by atoms with E-state index in [0.29, 0.717) is 0 Å². The third-order valence-corrected chi connectivity index (χ3v) is 10.8. The van der Waals surface area contributed by atoms with Gasteiger partial charge in [0.25, 0.3) is 0 Å². The molecule has 0 aliphatic rings. The van der Waals surface area contributed by atoms with Crippen molar-refractivity contribution in [3.63, 3.8) is 0 Å². The molecule has 225 valence electrons. The van der Waals surface area contributed by atoms with Gasteiger partial charge in [0.15, 0.2) is 5.78 Å². The van der Waals surface area contributed by atoms with E-state index in [2.05, 4.69) is 124 Å². The number of hydrogen-bond donors (Lipinski definition) is 1. The summed E-state index contributed by atoms with van der Waals surface area (Å²) in [5.41, 5.74) is 7.05. The zero-order chi connectivity index (χ0) is 30.7. The van der Waals surface area contributed by atoms with Crippen LogP contribution in [0.15, 0.2) is 109 Å². The molecule has 0 fully saturated rings. The van der Waals surface area contributed by atoms with Crippen molar-refractivity contribution in [1.82, 2.24) is 4.98 Å². The Hall–Kier alpha value is -3.67. The molecule has 0 atom stereocenters. The van der Waals surface area contributed by atoms with Gasteiger partial charge in [0.05, 0.1) is 13.8 Å². The third-order valence-electron chi connectivity index (χ3n) is 7.36. The van der Waals surface area contributed by atoms with Crippen molar-refractivity contribution in [3.05, 3.63) is 121 Å². The second kappa shape index (κ2) is 14.0. The zero-order valence-electron chi connectivity index (χ0n) is 25.9. The predicted octanol–water partition coefficient (Wildman–Crippen LogP) is 10.1. The largest absolute Gasteiger partial charge is 0.512 e. The van der Waals surface area contributed by atoms with Crippen LogP contribution in [0.5, 0.6) is 0 Å². The Labute approximate surface area is 278 Å². The van der Waals surface area contributed by atoms with Crippen LogP contribution in [0, 0.1) is 13.0 Å². The smallest absolute Gasteiger partial charge is 0.155 e. The summed E-state index contributed by atoms with van der Waals surface area (Å²) in [6, 6.07) is 36.6. The molecule has 0 saturated heterocycles. The topological polar surface area (TPSA) is 50.2 Å². The molecule has 44 heavy (non-hydrogen) atoms. The van der Waals surface area contributed by atoms with Gasteiger partial charge < -0.3 is 5.11 Å². The van der Waals surface area contributed by atoms with Crippen LogP contribution in [-0.4, -0.2) is 23.9 Å². The molecular weight excluding hydrogens is 755 g/mol. The number of aromatic nitrogens is 1. The number of carbonyl (C=O) groups excluding carboxylic acids is 1. The molecule has 1 N–H and O–H groups in total. The number of aryl methyl sites for hydroxylation is 1. The van der Waals surface area contributed by atoms with Crippen molar-refractivity contribution in [3.8, 4) is 32.8 Å². The van der Waals surface area contributed by atoms with E-state index in [9.17, 15) is 4.79 Å². The summed E-state index contributed by atoms with van der Waals surface area (Å²) < 4.78 is 1.28. The van der Waals surface area contributed by atoms with E-state index in [1.54, 1.807) is 0 Å². The fourth-order valence-electron chi connectivity index (χ4n) is 5.21. The van der Waals surface area contributed by atoms with E-state index in [4.69, 9.17) is 10.1 Å². The third kappa shape index (κ3) is 7.33. The summed E-state index contributed by atoms with van der Waals surface area (Å²) in [4.78, 5) is 16.2. The molecule has 0 amide bonds. The maximum atomic E-state index is 10.0. The van der Waals surface area contributed by atoms with Gasteiger partial charge in [-0.3, -0.25) is 9.78 Å². The average Bonchev–Trinajstić information content (AvgIpc) is 3.32. The van der Waals surface area contributed by atoms with Crippen molar-refractivity contribution < 1.29 is 30.0 Å². The quantitative estimate of drug-likeness (QED) is 0.0819. The molecule has 0 spiro atoms. The molecule has 3 nitrogen and oxygen atoms in total. The number of aliphatic hydroxyl groups excluding tert-OH is 1. The summed E-state index contributed by atoms with van der Waals surface area (Å²) in [6.45, 7) is 12.3. The Bertz CT molecular complexity index is 1950. The minimum Gasteiger partial charge on any atom is -0.512 e. The first-order valence-electron chi connectivity index (χ1n) is 14.4. The first-order chi connectivity index (χ1) is 20.5. The zero-order valence-corrected chi connectivity index (χ0v) is 30.1. The van der Waals surface area contributed by atoms with Crippen LogP contribution in [0.4, 0.5) is 0 Å². The molecule has 4 aromatic carbocycles. The number of rotatable bonds is 5. The number of ketones is 1. The molecule has 0 aliphatic heterocycles. The van der Waals surface area contributed by atoms with Gasteiger partial charge in [0.1, 0.15) is 0 Å². The normalized spacial score (nSPS) is 11.5. The van der Waals surface area contributed by atoms with Gasteiger partial charge in [-0.15, -0.1) is 17.5 Å². The standard InChI is InChI=1S/C33H28NSSi.C5H8O2.Ir/c1-22-29-20-26(31-28-16-15-27(36(2,3)4)19-25(28)17-18-34-31)21-30(23-11-7-5-8-12-23)33(29)35-32(22)24-13-9-6-10-14-24;1-4(6)3-5(2)7;/h5-19,21H,1-4H3;3,6H,1-2H3;/q-1;;/b;4-3-;. The van der Waals surface area contributed by atoms with Gasteiger partial charge in [-0.1, -0.05) is 127 Å². The van der Waals surface area contributed by atoms with Crippen molar-refractivity contribution in [1.29, 1.82) is 0 Å². The van der Waals surface area contributed by atoms with Crippen LogP contribution >= 0.6 is 11.3 Å². The second-order valence-corrected chi connectivity index (χ2v) is 17.9. The Morgan fingerprint density at radius 1 is 0.886 bits per heavy atom.